The van der Waals surface area contributed by atoms with E-state index in [4.69, 9.17) is 27.6 Å². The minimum absolute atomic E-state index is 0.548. The summed E-state index contributed by atoms with van der Waals surface area (Å²) in [7, 11) is 14.6. The van der Waals surface area contributed by atoms with Crippen LogP contribution in [-0.4, -0.2) is 56.9 Å². The lowest BCUT2D eigenvalue weighted by atomic mass is 10.0. The molecule has 0 amide bonds. The van der Waals surface area contributed by atoms with E-state index in [9.17, 15) is 0 Å². The SMILES string of the molecule is Cc1cccc(C)c1-n1cc[n+](C)c1-c1c(C)ccc2c1oc1nc(C)n(C)c12.Cc1ccccc1-n1cc[n+](C)c1-c1c(C)ccc2c1sc1c2nc(C)n1C.Cc1nc2c(o1)sc1c(-c3n(-c4ccccc4C)cc[n+]3C)c(C)ccc12.Cc1nc2c(s1)sc1c(-c3n(-c4ccccc4C)cc[n+]3C)c(C)ccc12.Cc1nc2oc3c(-c4n(-c5c(C)cccc5C)cc[n+]4C)c(C)ccc3c2o1. The second-order valence-corrected chi connectivity index (χ2v) is 41.3. The Morgan fingerprint density at radius 2 is 0.640 bits per heavy atom. The van der Waals surface area contributed by atoms with E-state index >= 15 is 0 Å². The first-order valence-electron chi connectivity index (χ1n) is 46.7. The lowest BCUT2D eigenvalue weighted by Gasteiger charge is -2.10. The summed E-state index contributed by atoms with van der Waals surface area (Å²) in [4.78, 5) is 25.3. The second-order valence-electron chi connectivity index (χ2n) is 36.9. The number of imidazole rings is 7. The molecule has 0 unspecified atom stereocenters. The van der Waals surface area contributed by atoms with Crippen molar-refractivity contribution >= 4 is 150 Å². The molecule has 0 N–H and O–H groups in total. The second kappa shape index (κ2) is 35.2. The highest BCUT2D eigenvalue weighted by Crippen LogP contribution is 2.48. The van der Waals surface area contributed by atoms with Crippen LogP contribution in [0.4, 0.5) is 0 Å². The summed E-state index contributed by atoms with van der Waals surface area (Å²) in [5.74, 6) is 9.06. The Morgan fingerprint density at radius 3 is 1.11 bits per heavy atom. The fourth-order valence-corrected chi connectivity index (χ4v) is 25.3. The van der Waals surface area contributed by atoms with E-state index in [1.165, 1.54) is 152 Å². The number of hydrogen-bond donors (Lipinski definition) is 0. The minimum atomic E-state index is 0.548. The molecule has 694 valence electrons. The van der Waals surface area contributed by atoms with E-state index in [1.54, 1.807) is 22.7 Å². The van der Waals surface area contributed by atoms with Crippen LogP contribution in [0.3, 0.4) is 0 Å². The van der Waals surface area contributed by atoms with Gasteiger partial charge in [-0.05, 0) is 201 Å². The molecule has 15 aromatic heterocycles. The molecule has 0 aliphatic heterocycles. The summed E-state index contributed by atoms with van der Waals surface area (Å²) in [5, 5.41) is 6.84. The standard InChI is InChI=1S/C24H25N4O.C23H23N4S.C23H22N3O2.C22H20N3OS.C22H20N3S2/c1-14-10-11-18-21-23(25-17(4)27(21)6)29-22(18)19(14)24-26(5)12-13-28(24)20-15(2)8-7-9-16(20)3;1-14-8-6-7-9-18(14)27-13-12-25(4)22(27)19-15(2)10-11-17-20-23(28-21(17)19)26(5)16(3)24-20;1-13-9-10-17-20(28-22-21(17)27-16(4)24-22)18(13)23-25(5)11-12-26(23)19-14(2)7-6-8-15(19)3;2*1-13-7-5-6-8-17(13)25-12-11-24(4)21(25)18-14(2)9-10-16-19-22(27-20(16)18)26-15(3)23-19/h7-13H,1-6H3;6-13H,1-5H3;6-12H,1-5H3;2*5-12H,1-4H3/q5*+1. The number of para-hydroxylation sites is 5. The van der Waals surface area contributed by atoms with Gasteiger partial charge in [0.05, 0.1) is 76.4 Å². The molecule has 0 bridgehead atoms. The Hall–Kier alpha value is -15.0. The first-order valence-corrected chi connectivity index (χ1v) is 49.9. The average Bonchev–Trinajstić information content (AvgIpc) is 1.60. The number of aryl methyl sites for hydroxylation is 24. The van der Waals surface area contributed by atoms with Gasteiger partial charge in [0, 0.05) is 49.5 Å². The van der Waals surface area contributed by atoms with E-state index in [0.717, 1.165) is 105 Å². The van der Waals surface area contributed by atoms with Crippen LogP contribution in [0.25, 0.3) is 190 Å². The molecule has 25 rings (SSSR count). The van der Waals surface area contributed by atoms with Gasteiger partial charge in [-0.15, -0.1) is 34.0 Å². The fraction of sp³-hybridized carbons (Fsp3) is 0.211. The number of fused-ring (bicyclic) bond motifs is 15. The molecule has 0 fully saturated rings. The van der Waals surface area contributed by atoms with Gasteiger partial charge in [-0.2, -0.15) is 32.8 Å². The van der Waals surface area contributed by atoms with Crippen molar-refractivity contribution in [3.8, 4) is 85.4 Å². The number of furan rings is 2. The number of hydrogen-bond acceptors (Lipinski definition) is 13. The average molecular weight is 1910 g/mol. The van der Waals surface area contributed by atoms with Crippen LogP contribution in [0.2, 0.25) is 0 Å². The normalized spacial score (nSPS) is 11.7. The van der Waals surface area contributed by atoms with Gasteiger partial charge in [0.2, 0.25) is 16.2 Å². The molecular formula is C114H110N17O4S4+5. The molecule has 25 aromatic rings. The third-order valence-corrected chi connectivity index (χ3v) is 32.0. The molecule has 25 heteroatoms. The Morgan fingerprint density at radius 1 is 0.273 bits per heavy atom. The van der Waals surface area contributed by atoms with Crippen molar-refractivity contribution in [2.45, 2.75) is 118 Å². The zero-order valence-corrected chi connectivity index (χ0v) is 86.1. The predicted octanol–water partition coefficient (Wildman–Crippen LogP) is 25.9. The van der Waals surface area contributed by atoms with Crippen molar-refractivity contribution in [3.63, 3.8) is 0 Å². The Labute approximate surface area is 821 Å². The molecular weight excluding hydrogens is 1800 g/mol. The summed E-state index contributed by atoms with van der Waals surface area (Å²) in [6.07, 6.45) is 21.3. The largest absolute Gasteiger partial charge is 0.437 e. The highest BCUT2D eigenvalue weighted by molar-refractivity contribution is 7.41. The maximum atomic E-state index is 6.34. The molecule has 21 nitrogen and oxygen atoms in total. The first-order chi connectivity index (χ1) is 66.9. The maximum Gasteiger partial charge on any atom is 0.297 e. The smallest absolute Gasteiger partial charge is 0.297 e. The molecule has 0 saturated heterocycles. The van der Waals surface area contributed by atoms with Crippen molar-refractivity contribution in [2.75, 3.05) is 0 Å². The summed E-state index contributed by atoms with van der Waals surface area (Å²) >= 11 is 7.18. The van der Waals surface area contributed by atoms with Gasteiger partial charge in [0.25, 0.3) is 34.8 Å². The highest BCUT2D eigenvalue weighted by atomic mass is 32.2. The van der Waals surface area contributed by atoms with Crippen LogP contribution in [0, 0.1) is 118 Å². The van der Waals surface area contributed by atoms with Crippen LogP contribution in [0.1, 0.15) is 95.2 Å². The monoisotopic (exact) mass is 1910 g/mol. The lowest BCUT2D eigenvalue weighted by molar-refractivity contribution is -0.659. The van der Waals surface area contributed by atoms with E-state index in [2.05, 4.69) is 441 Å². The highest BCUT2D eigenvalue weighted by Gasteiger charge is 2.35. The van der Waals surface area contributed by atoms with E-state index in [1.807, 2.05) is 50.5 Å². The summed E-state index contributed by atoms with van der Waals surface area (Å²) in [5.41, 5.74) is 34.8. The molecule has 0 atom stereocenters. The van der Waals surface area contributed by atoms with Crippen molar-refractivity contribution in [2.24, 2.45) is 49.3 Å². The Balaban J connectivity index is 0.000000103. The molecule has 0 saturated carbocycles. The third-order valence-electron chi connectivity index (χ3n) is 27.4. The van der Waals surface area contributed by atoms with Gasteiger partial charge < -0.3 is 26.8 Å². The summed E-state index contributed by atoms with van der Waals surface area (Å²) in [6, 6.07) is 60.1. The summed E-state index contributed by atoms with van der Waals surface area (Å²) < 4.78 is 55.9. The van der Waals surface area contributed by atoms with Gasteiger partial charge in [-0.25, -0.2) is 37.8 Å². The van der Waals surface area contributed by atoms with Crippen molar-refractivity contribution in [1.29, 1.82) is 0 Å². The molecule has 0 radical (unpaired) electrons. The number of oxazole rings is 2. The number of thiophene rings is 3. The van der Waals surface area contributed by atoms with Gasteiger partial charge >= 0.3 is 0 Å². The van der Waals surface area contributed by atoms with Gasteiger partial charge in [0.1, 0.15) is 144 Å². The van der Waals surface area contributed by atoms with Crippen molar-refractivity contribution in [3.05, 3.63) is 327 Å². The Kier molecular flexibility index (Phi) is 22.9. The zero-order valence-electron chi connectivity index (χ0n) is 82.8. The van der Waals surface area contributed by atoms with Crippen LogP contribution in [0.15, 0.2) is 249 Å². The van der Waals surface area contributed by atoms with E-state index < -0.39 is 0 Å². The van der Waals surface area contributed by atoms with Crippen molar-refractivity contribution < 1.29 is 40.5 Å². The van der Waals surface area contributed by atoms with Crippen molar-refractivity contribution in [1.82, 2.24) is 56.9 Å². The molecule has 0 spiro atoms. The number of thiazole rings is 1. The molecule has 10 aromatic carbocycles. The van der Waals surface area contributed by atoms with Gasteiger partial charge in [0.15, 0.2) is 22.9 Å². The number of aromatic nitrogens is 17. The van der Waals surface area contributed by atoms with Crippen LogP contribution >= 0.6 is 45.3 Å². The molecule has 0 aliphatic rings. The first kappa shape index (κ1) is 90.5. The quantitative estimate of drug-likeness (QED) is 0.121. The Bertz CT molecular complexity index is 9000. The van der Waals surface area contributed by atoms with Crippen LogP contribution in [-0.2, 0) is 49.3 Å². The van der Waals surface area contributed by atoms with Gasteiger partial charge in [-0.1, -0.05) is 151 Å². The molecule has 15 heterocycles. The van der Waals surface area contributed by atoms with Crippen LogP contribution in [0.5, 0.6) is 0 Å². The van der Waals surface area contributed by atoms with E-state index in [-0.39, 0.29) is 0 Å². The fourth-order valence-electron chi connectivity index (χ4n) is 20.2. The topological polar surface area (TPSA) is 171 Å². The van der Waals surface area contributed by atoms with E-state index in [0.29, 0.717) is 28.8 Å². The third kappa shape index (κ3) is 15.2. The van der Waals surface area contributed by atoms with Crippen LogP contribution < -0.4 is 22.8 Å². The zero-order chi connectivity index (χ0) is 97.0. The number of benzene rings is 10. The number of rotatable bonds is 10. The molecule has 0 aliphatic carbocycles. The summed E-state index contributed by atoms with van der Waals surface area (Å²) in [6.45, 7) is 35.8. The number of nitrogens with zero attached hydrogens (tertiary/aromatic N) is 17. The lowest BCUT2D eigenvalue weighted by Crippen LogP contribution is -2.29. The molecule has 139 heavy (non-hydrogen) atoms. The van der Waals surface area contributed by atoms with Gasteiger partial charge in [-0.3, -0.25) is 0 Å². The minimum Gasteiger partial charge on any atom is -0.437 e. The predicted molar refractivity (Wildman–Crippen MR) is 565 cm³/mol. The maximum absolute atomic E-state index is 6.34.